The summed E-state index contributed by atoms with van der Waals surface area (Å²) in [5.41, 5.74) is 2.67. The molecular formula is C19H22ClN3. The van der Waals surface area contributed by atoms with Crippen LogP contribution in [0.25, 0.3) is 0 Å². The Balaban J connectivity index is 2.20. The van der Waals surface area contributed by atoms with Crippen LogP contribution in [0, 0.1) is 17.8 Å². The summed E-state index contributed by atoms with van der Waals surface area (Å²) in [5.74, 6) is 7.27. The minimum atomic E-state index is -0.266. The number of anilines is 1. The van der Waals surface area contributed by atoms with Gasteiger partial charge < -0.3 is 10.2 Å². The van der Waals surface area contributed by atoms with E-state index in [-0.39, 0.29) is 11.4 Å². The zero-order valence-electron chi connectivity index (χ0n) is 14.0. The lowest BCUT2D eigenvalue weighted by atomic mass is 10.1. The smallest absolute Gasteiger partial charge is 0.131 e. The van der Waals surface area contributed by atoms with Crippen LogP contribution in [0.3, 0.4) is 0 Å². The zero-order valence-corrected chi connectivity index (χ0v) is 14.7. The van der Waals surface area contributed by atoms with E-state index in [4.69, 9.17) is 11.6 Å². The molecule has 1 aliphatic heterocycles. The number of amidine groups is 1. The Bertz CT molecular complexity index is 688. The molecule has 2 atom stereocenters. The van der Waals surface area contributed by atoms with Crippen LogP contribution in [0.15, 0.2) is 53.2 Å². The Kier molecular flexibility index (Phi) is 5.90. The lowest BCUT2D eigenvalue weighted by Gasteiger charge is -2.11. The molecule has 1 aromatic carbocycles. The molecule has 120 valence electrons. The first-order valence-electron chi connectivity index (χ1n) is 7.59. The topological polar surface area (TPSA) is 27.6 Å². The molecule has 3 nitrogen and oxygen atoms in total. The number of nitrogens with one attached hydrogen (secondary N) is 1. The number of benzene rings is 1. The summed E-state index contributed by atoms with van der Waals surface area (Å²) in [6, 6.07) is 8.15. The van der Waals surface area contributed by atoms with Crippen LogP contribution >= 0.6 is 11.6 Å². The summed E-state index contributed by atoms with van der Waals surface area (Å²) in [7, 11) is 4.04. The number of hydrogen-bond acceptors (Lipinski definition) is 3. The maximum atomic E-state index is 6.23. The fraction of sp³-hybridized carbons (Fsp3) is 0.316. The summed E-state index contributed by atoms with van der Waals surface area (Å²) < 4.78 is 0. The molecule has 4 heteroatoms. The van der Waals surface area contributed by atoms with Crippen molar-refractivity contribution in [1.82, 2.24) is 5.32 Å². The third-order valence-corrected chi connectivity index (χ3v) is 3.96. The fourth-order valence-electron chi connectivity index (χ4n) is 2.05. The summed E-state index contributed by atoms with van der Waals surface area (Å²) >= 11 is 6.23. The third kappa shape index (κ3) is 5.19. The summed E-state index contributed by atoms with van der Waals surface area (Å²) in [5, 5.41) is 3.20. The first-order valence-corrected chi connectivity index (χ1v) is 8.03. The molecule has 0 saturated carbocycles. The third-order valence-electron chi connectivity index (χ3n) is 3.47. The van der Waals surface area contributed by atoms with Crippen LogP contribution in [-0.4, -0.2) is 25.4 Å². The van der Waals surface area contributed by atoms with Gasteiger partial charge in [0, 0.05) is 31.3 Å². The summed E-state index contributed by atoms with van der Waals surface area (Å²) in [6.45, 7) is 3.94. The molecule has 0 aliphatic carbocycles. The minimum Gasteiger partial charge on any atom is -0.378 e. The molecule has 0 aromatic heterocycles. The maximum Gasteiger partial charge on any atom is 0.131 e. The van der Waals surface area contributed by atoms with Crippen LogP contribution in [0.5, 0.6) is 0 Å². The van der Waals surface area contributed by atoms with Crippen molar-refractivity contribution in [3.05, 3.63) is 53.8 Å². The second kappa shape index (κ2) is 7.89. The molecule has 1 aromatic rings. The number of halogens is 1. The van der Waals surface area contributed by atoms with Crippen LogP contribution in [-0.2, 0) is 0 Å². The highest BCUT2D eigenvalue weighted by Crippen LogP contribution is 2.15. The Morgan fingerprint density at radius 3 is 2.52 bits per heavy atom. The molecule has 0 bridgehead atoms. The van der Waals surface area contributed by atoms with Gasteiger partial charge in [0.1, 0.15) is 5.50 Å². The van der Waals surface area contributed by atoms with Gasteiger partial charge in [-0.1, -0.05) is 36.6 Å². The van der Waals surface area contributed by atoms with Gasteiger partial charge in [-0.15, -0.1) is 0 Å². The van der Waals surface area contributed by atoms with Gasteiger partial charge in [0.15, 0.2) is 0 Å². The molecule has 0 spiro atoms. The summed E-state index contributed by atoms with van der Waals surface area (Å²) in [6.07, 6.45) is 5.96. The average molecular weight is 328 g/mol. The molecule has 0 amide bonds. The van der Waals surface area contributed by atoms with Gasteiger partial charge in [0.25, 0.3) is 0 Å². The van der Waals surface area contributed by atoms with Crippen molar-refractivity contribution in [2.24, 2.45) is 10.9 Å². The SMILES string of the molecule is C/C1=N\C(Cl)C(C)/C=C/C=C(/C#Cc2ccc(N(C)C)cc2)N1. The van der Waals surface area contributed by atoms with Gasteiger partial charge >= 0.3 is 0 Å². The van der Waals surface area contributed by atoms with E-state index in [2.05, 4.69) is 39.2 Å². The van der Waals surface area contributed by atoms with E-state index in [0.29, 0.717) is 0 Å². The van der Waals surface area contributed by atoms with Crippen LogP contribution in [0.2, 0.25) is 0 Å². The van der Waals surface area contributed by atoms with E-state index in [0.717, 1.165) is 22.8 Å². The predicted octanol–water partition coefficient (Wildman–Crippen LogP) is 3.77. The molecule has 2 unspecified atom stereocenters. The van der Waals surface area contributed by atoms with Gasteiger partial charge in [-0.2, -0.15) is 0 Å². The average Bonchev–Trinajstić information content (AvgIpc) is 2.57. The molecule has 1 aliphatic rings. The zero-order chi connectivity index (χ0) is 16.8. The van der Waals surface area contributed by atoms with E-state index < -0.39 is 0 Å². The number of allylic oxidation sites excluding steroid dienone is 3. The monoisotopic (exact) mass is 327 g/mol. The van der Waals surface area contributed by atoms with Crippen LogP contribution < -0.4 is 10.2 Å². The maximum absolute atomic E-state index is 6.23. The molecule has 1 heterocycles. The predicted molar refractivity (Wildman–Crippen MR) is 99.9 cm³/mol. The van der Waals surface area contributed by atoms with Crippen LogP contribution in [0.1, 0.15) is 19.4 Å². The number of nitrogens with zero attached hydrogens (tertiary/aromatic N) is 2. The first kappa shape index (κ1) is 17.2. The quantitative estimate of drug-likeness (QED) is 0.483. The molecule has 0 radical (unpaired) electrons. The van der Waals surface area contributed by atoms with E-state index in [9.17, 15) is 0 Å². The van der Waals surface area contributed by atoms with Crippen LogP contribution in [0.4, 0.5) is 5.69 Å². The van der Waals surface area contributed by atoms with Gasteiger partial charge in [-0.25, -0.2) is 0 Å². The Morgan fingerprint density at radius 2 is 1.87 bits per heavy atom. The minimum absolute atomic E-state index is 0.176. The van der Waals surface area contributed by atoms with Crippen molar-refractivity contribution in [2.45, 2.75) is 19.3 Å². The highest BCUT2D eigenvalue weighted by molar-refractivity contribution is 6.21. The van der Waals surface area contributed by atoms with Gasteiger partial charge in [-0.3, -0.25) is 4.99 Å². The lowest BCUT2D eigenvalue weighted by Crippen LogP contribution is -2.21. The molecule has 0 saturated heterocycles. The lowest BCUT2D eigenvalue weighted by molar-refractivity contribution is 0.684. The molecule has 0 fully saturated rings. The standard InChI is InChI=1S/C19H22ClN3/c1-14-6-5-7-17(21-15(2)22-19(14)20)11-8-16-9-12-18(13-10-16)23(3)4/h5-7,9-10,12-14,19H,1-4H3,(H,21,22)/b6-5+,17-7-. The first-order chi connectivity index (χ1) is 11.0. The van der Waals surface area contributed by atoms with Crippen molar-refractivity contribution in [3.8, 4) is 11.8 Å². The molecular weight excluding hydrogens is 306 g/mol. The second-order valence-corrected chi connectivity index (χ2v) is 6.17. The van der Waals surface area contributed by atoms with Crippen molar-refractivity contribution < 1.29 is 0 Å². The summed E-state index contributed by atoms with van der Waals surface area (Å²) in [4.78, 5) is 6.48. The number of aliphatic imine (C=N–C) groups is 1. The van der Waals surface area contributed by atoms with Crippen molar-refractivity contribution >= 4 is 23.1 Å². The fourth-order valence-corrected chi connectivity index (χ4v) is 2.28. The van der Waals surface area contributed by atoms with Gasteiger partial charge in [0.2, 0.25) is 0 Å². The van der Waals surface area contributed by atoms with E-state index in [1.165, 1.54) is 0 Å². The normalized spacial score (nSPS) is 26.7. The highest BCUT2D eigenvalue weighted by Gasteiger charge is 2.11. The molecule has 1 N–H and O–H groups in total. The second-order valence-electron chi connectivity index (χ2n) is 5.73. The Hall–Kier alpha value is -2.18. The Morgan fingerprint density at radius 1 is 1.17 bits per heavy atom. The highest BCUT2D eigenvalue weighted by atomic mass is 35.5. The molecule has 2 rings (SSSR count). The van der Waals surface area contributed by atoms with E-state index in [1.807, 2.05) is 58.3 Å². The van der Waals surface area contributed by atoms with Gasteiger partial charge in [-0.05, 0) is 43.2 Å². The Labute approximate surface area is 143 Å². The van der Waals surface area contributed by atoms with Crippen molar-refractivity contribution in [3.63, 3.8) is 0 Å². The van der Waals surface area contributed by atoms with Crippen molar-refractivity contribution in [2.75, 3.05) is 19.0 Å². The molecule has 23 heavy (non-hydrogen) atoms. The largest absolute Gasteiger partial charge is 0.378 e. The number of rotatable bonds is 1. The van der Waals surface area contributed by atoms with Crippen molar-refractivity contribution in [1.29, 1.82) is 0 Å². The number of alkyl halides is 1. The van der Waals surface area contributed by atoms with E-state index in [1.54, 1.807) is 0 Å². The van der Waals surface area contributed by atoms with E-state index >= 15 is 0 Å². The van der Waals surface area contributed by atoms with Gasteiger partial charge in [0.05, 0.1) is 11.5 Å². The number of hydrogen-bond donors (Lipinski definition) is 1.